The summed E-state index contributed by atoms with van der Waals surface area (Å²) in [5.41, 5.74) is -1.91. The van der Waals surface area contributed by atoms with Crippen LogP contribution in [0.5, 0.6) is 5.75 Å². The normalized spacial score (nSPS) is 13.9. The average molecular weight is 660 g/mol. The fourth-order valence-corrected chi connectivity index (χ4v) is 4.86. The van der Waals surface area contributed by atoms with Crippen molar-refractivity contribution in [2.24, 2.45) is 5.10 Å². The standard InChI is InChI=1S/C28H21BrF3N5O6/c29-20-13-18(25(23(14-20)37(40)41)43-16-24(38)35-8-10-42-11-9-35)15-33-36-26(17-4-3-5-19(12-17)28(30,31)32)34-22-7-2-1-6-21(22)27(36)39/h1-7,12-15H,8-11,16H2. The number of carbonyl (C=O) groups is 1. The molecule has 0 spiro atoms. The van der Waals surface area contributed by atoms with Gasteiger partial charge in [0.2, 0.25) is 5.75 Å². The van der Waals surface area contributed by atoms with Crippen molar-refractivity contribution in [2.75, 3.05) is 32.9 Å². The van der Waals surface area contributed by atoms with Crippen LogP contribution < -0.4 is 10.3 Å². The van der Waals surface area contributed by atoms with Crippen LogP contribution in [-0.2, 0) is 15.7 Å². The molecule has 1 saturated heterocycles. The molecule has 11 nitrogen and oxygen atoms in total. The number of nitro benzene ring substituents is 1. The number of amides is 1. The van der Waals surface area contributed by atoms with Crippen LogP contribution in [0.2, 0.25) is 0 Å². The van der Waals surface area contributed by atoms with Crippen molar-refractivity contribution < 1.29 is 32.4 Å². The fourth-order valence-electron chi connectivity index (χ4n) is 4.40. The largest absolute Gasteiger partial charge is 0.476 e. The summed E-state index contributed by atoms with van der Waals surface area (Å²) in [4.78, 5) is 43.3. The van der Waals surface area contributed by atoms with Crippen molar-refractivity contribution in [1.29, 1.82) is 0 Å². The summed E-state index contributed by atoms with van der Waals surface area (Å²) in [6.07, 6.45) is -3.57. The van der Waals surface area contributed by atoms with Gasteiger partial charge in [0.05, 0.1) is 40.8 Å². The Morgan fingerprint density at radius 2 is 1.88 bits per heavy atom. The summed E-state index contributed by atoms with van der Waals surface area (Å²) >= 11 is 3.21. The molecular formula is C28H21BrF3N5O6. The van der Waals surface area contributed by atoms with Crippen LogP contribution >= 0.6 is 15.9 Å². The van der Waals surface area contributed by atoms with Crippen LogP contribution in [0.25, 0.3) is 22.3 Å². The van der Waals surface area contributed by atoms with Gasteiger partial charge < -0.3 is 14.4 Å². The number of hydrogen-bond acceptors (Lipinski definition) is 8. The van der Waals surface area contributed by atoms with Gasteiger partial charge in [0, 0.05) is 34.8 Å². The first kappa shape index (κ1) is 29.8. The van der Waals surface area contributed by atoms with E-state index in [2.05, 4.69) is 26.0 Å². The molecule has 0 atom stereocenters. The maximum absolute atomic E-state index is 13.5. The molecule has 1 aromatic heterocycles. The highest BCUT2D eigenvalue weighted by Gasteiger charge is 2.31. The van der Waals surface area contributed by atoms with Gasteiger partial charge in [-0.1, -0.05) is 40.2 Å². The summed E-state index contributed by atoms with van der Waals surface area (Å²) in [7, 11) is 0. The number of fused-ring (bicyclic) bond motifs is 1. The molecule has 0 saturated carbocycles. The van der Waals surface area contributed by atoms with E-state index in [4.69, 9.17) is 9.47 Å². The summed E-state index contributed by atoms with van der Waals surface area (Å²) < 4.78 is 52.4. The van der Waals surface area contributed by atoms with E-state index in [1.165, 1.54) is 41.3 Å². The molecule has 222 valence electrons. The average Bonchev–Trinajstić information content (AvgIpc) is 2.99. The number of carbonyl (C=O) groups excluding carboxylic acids is 1. The molecule has 0 aliphatic carbocycles. The van der Waals surface area contributed by atoms with Gasteiger partial charge in [0.15, 0.2) is 12.4 Å². The SMILES string of the molecule is O=C(COc1c(C=Nn2c(-c3cccc(C(F)(F)F)c3)nc3ccccc3c2=O)cc(Br)cc1[N+](=O)[O-])N1CCOCC1. The third-order valence-electron chi connectivity index (χ3n) is 6.48. The number of hydrogen-bond donors (Lipinski definition) is 0. The van der Waals surface area contributed by atoms with E-state index in [0.717, 1.165) is 23.0 Å². The number of alkyl halides is 3. The van der Waals surface area contributed by atoms with Crippen molar-refractivity contribution >= 4 is 44.6 Å². The number of nitro groups is 1. The van der Waals surface area contributed by atoms with E-state index in [9.17, 15) is 32.9 Å². The van der Waals surface area contributed by atoms with Crippen molar-refractivity contribution in [3.8, 4) is 17.1 Å². The minimum atomic E-state index is -4.65. The van der Waals surface area contributed by atoms with E-state index < -0.39 is 40.4 Å². The van der Waals surface area contributed by atoms with Gasteiger partial charge in [-0.15, -0.1) is 0 Å². The number of nitrogens with zero attached hydrogens (tertiary/aromatic N) is 5. The van der Waals surface area contributed by atoms with Crippen LogP contribution in [0.1, 0.15) is 11.1 Å². The molecule has 1 fully saturated rings. The number of aromatic nitrogens is 2. The molecule has 1 aliphatic rings. The molecule has 43 heavy (non-hydrogen) atoms. The molecule has 1 amide bonds. The Morgan fingerprint density at radius 1 is 1.14 bits per heavy atom. The number of ether oxygens (including phenoxy) is 2. The number of benzene rings is 3. The van der Waals surface area contributed by atoms with Gasteiger partial charge >= 0.3 is 11.9 Å². The van der Waals surface area contributed by atoms with Gasteiger partial charge in [-0.25, -0.2) is 4.98 Å². The van der Waals surface area contributed by atoms with Crippen LogP contribution in [0.15, 0.2) is 75.0 Å². The maximum Gasteiger partial charge on any atom is 0.416 e. The Bertz CT molecular complexity index is 1800. The Balaban J connectivity index is 1.61. The van der Waals surface area contributed by atoms with Gasteiger partial charge in [-0.05, 0) is 30.3 Å². The van der Waals surface area contributed by atoms with Gasteiger partial charge in [-0.2, -0.15) is 22.9 Å². The van der Waals surface area contributed by atoms with Gasteiger partial charge in [0.25, 0.3) is 11.5 Å². The molecule has 1 aliphatic heterocycles. The Kier molecular flexibility index (Phi) is 8.54. The van der Waals surface area contributed by atoms with Crippen LogP contribution in [-0.4, -0.2) is 64.5 Å². The molecule has 0 radical (unpaired) electrons. The molecule has 3 aromatic carbocycles. The molecule has 15 heteroatoms. The Hall–Kier alpha value is -4.63. The molecule has 0 N–H and O–H groups in total. The van der Waals surface area contributed by atoms with Crippen molar-refractivity contribution in [1.82, 2.24) is 14.6 Å². The minimum absolute atomic E-state index is 0.0194. The highest BCUT2D eigenvalue weighted by Crippen LogP contribution is 2.35. The van der Waals surface area contributed by atoms with Crippen LogP contribution in [0.4, 0.5) is 18.9 Å². The Morgan fingerprint density at radius 3 is 2.60 bits per heavy atom. The fraction of sp³-hybridized carbons (Fsp3) is 0.214. The number of para-hydroxylation sites is 1. The zero-order valence-electron chi connectivity index (χ0n) is 22.1. The van der Waals surface area contributed by atoms with Crippen molar-refractivity contribution in [3.05, 3.63) is 96.7 Å². The third kappa shape index (κ3) is 6.57. The first-order valence-corrected chi connectivity index (χ1v) is 13.5. The predicted molar refractivity (Wildman–Crippen MR) is 153 cm³/mol. The molecule has 0 bridgehead atoms. The minimum Gasteiger partial charge on any atom is -0.476 e. The van der Waals surface area contributed by atoms with E-state index >= 15 is 0 Å². The zero-order valence-corrected chi connectivity index (χ0v) is 23.7. The smallest absolute Gasteiger partial charge is 0.416 e. The third-order valence-corrected chi connectivity index (χ3v) is 6.94. The maximum atomic E-state index is 13.5. The lowest BCUT2D eigenvalue weighted by Gasteiger charge is -2.26. The highest BCUT2D eigenvalue weighted by molar-refractivity contribution is 9.10. The van der Waals surface area contributed by atoms with Gasteiger partial charge in [-0.3, -0.25) is 19.7 Å². The van der Waals surface area contributed by atoms with Crippen LogP contribution in [0, 0.1) is 10.1 Å². The van der Waals surface area contributed by atoms with E-state index in [1.54, 1.807) is 12.1 Å². The van der Waals surface area contributed by atoms with E-state index in [1.807, 2.05) is 0 Å². The quantitative estimate of drug-likeness (QED) is 0.157. The first-order valence-electron chi connectivity index (χ1n) is 12.7. The monoisotopic (exact) mass is 659 g/mol. The lowest BCUT2D eigenvalue weighted by Crippen LogP contribution is -2.43. The highest BCUT2D eigenvalue weighted by atomic mass is 79.9. The summed E-state index contributed by atoms with van der Waals surface area (Å²) in [6, 6.07) is 13.1. The number of halogens is 4. The lowest BCUT2D eigenvalue weighted by molar-refractivity contribution is -0.385. The predicted octanol–water partition coefficient (Wildman–Crippen LogP) is 4.87. The number of rotatable bonds is 7. The van der Waals surface area contributed by atoms with Crippen molar-refractivity contribution in [2.45, 2.75) is 6.18 Å². The Labute approximate surface area is 249 Å². The second-order valence-electron chi connectivity index (χ2n) is 9.27. The zero-order chi connectivity index (χ0) is 30.7. The van der Waals surface area contributed by atoms with E-state index in [0.29, 0.717) is 26.3 Å². The summed E-state index contributed by atoms with van der Waals surface area (Å²) in [5.74, 6) is -0.897. The first-order chi connectivity index (χ1) is 20.5. The molecule has 0 unspecified atom stereocenters. The second-order valence-corrected chi connectivity index (χ2v) is 10.2. The second kappa shape index (κ2) is 12.3. The molecule has 4 aromatic rings. The summed E-state index contributed by atoms with van der Waals surface area (Å²) in [6.45, 7) is 0.871. The topological polar surface area (TPSA) is 129 Å². The van der Waals surface area contributed by atoms with Gasteiger partial charge in [0.1, 0.15) is 0 Å². The van der Waals surface area contributed by atoms with Crippen molar-refractivity contribution in [3.63, 3.8) is 0 Å². The molecular weight excluding hydrogens is 639 g/mol. The van der Waals surface area contributed by atoms with Crippen LogP contribution in [0.3, 0.4) is 0 Å². The lowest BCUT2D eigenvalue weighted by atomic mass is 10.1. The summed E-state index contributed by atoms with van der Waals surface area (Å²) in [5, 5.41) is 16.2. The molecule has 2 heterocycles. The molecule has 5 rings (SSSR count). The van der Waals surface area contributed by atoms with E-state index in [-0.39, 0.29) is 38.1 Å². The number of morpholine rings is 1.